The lowest BCUT2D eigenvalue weighted by molar-refractivity contribution is -0.119. The van der Waals surface area contributed by atoms with Crippen LogP contribution in [-0.4, -0.2) is 98.7 Å². The molecule has 5 rings (SSSR count). The third-order valence-electron chi connectivity index (χ3n) is 7.88. The standard InChI is InChI=1S/C27H33N7O6S/c1-32(2)41(37,38)21-5-3-19(4-6-21)30-24-23-22(7-14-29-25(23)35)34(31-24)27(10-13-28)11-15-33(16-12-27)26(36)40-20-8-17-39-18-9-20/h3-7,14,20,23H,8-12,15-18H2,1-2H3,(H,30,31). The van der Waals surface area contributed by atoms with Crippen molar-refractivity contribution in [2.24, 2.45) is 15.9 Å². The first-order chi connectivity index (χ1) is 19.6. The molecule has 0 bridgehead atoms. The van der Waals surface area contributed by atoms with Crippen LogP contribution in [0.3, 0.4) is 0 Å². The van der Waals surface area contributed by atoms with Crippen LogP contribution >= 0.6 is 0 Å². The Morgan fingerprint density at radius 3 is 2.56 bits per heavy atom. The predicted octanol–water partition coefficient (Wildman–Crippen LogP) is 1.96. The molecule has 4 heterocycles. The van der Waals surface area contributed by atoms with Crippen molar-refractivity contribution in [1.29, 1.82) is 5.26 Å². The highest BCUT2D eigenvalue weighted by atomic mass is 32.2. The van der Waals surface area contributed by atoms with Gasteiger partial charge in [-0.05, 0) is 43.2 Å². The molecule has 14 heteroatoms. The molecule has 4 aliphatic heterocycles. The number of nitriles is 1. The fourth-order valence-electron chi connectivity index (χ4n) is 5.46. The van der Waals surface area contributed by atoms with Crippen LogP contribution in [0.1, 0.15) is 32.1 Å². The summed E-state index contributed by atoms with van der Waals surface area (Å²) in [5, 5.41) is 11.6. The number of nitrogens with zero attached hydrogens (tertiary/aromatic N) is 6. The van der Waals surface area contributed by atoms with Crippen LogP contribution in [0.5, 0.6) is 0 Å². The number of hydrogen-bond acceptors (Lipinski definition) is 9. The van der Waals surface area contributed by atoms with E-state index in [-0.39, 0.29) is 23.5 Å². The summed E-state index contributed by atoms with van der Waals surface area (Å²) in [5.74, 6) is -0.857. The number of sulfonamides is 1. The monoisotopic (exact) mass is 583 g/mol. The molecule has 0 aromatic heterocycles. The van der Waals surface area contributed by atoms with Gasteiger partial charge >= 0.3 is 6.09 Å². The summed E-state index contributed by atoms with van der Waals surface area (Å²) in [6.07, 6.45) is 5.10. The largest absolute Gasteiger partial charge is 0.446 e. The van der Waals surface area contributed by atoms with Crippen molar-refractivity contribution in [3.05, 3.63) is 36.0 Å². The van der Waals surface area contributed by atoms with E-state index in [0.29, 0.717) is 69.2 Å². The molecule has 13 nitrogen and oxygen atoms in total. The average molecular weight is 584 g/mol. The molecule has 41 heavy (non-hydrogen) atoms. The molecule has 1 unspecified atom stereocenters. The van der Waals surface area contributed by atoms with Gasteiger partial charge in [-0.1, -0.05) is 0 Å². The molecule has 0 aliphatic carbocycles. The van der Waals surface area contributed by atoms with Crippen LogP contribution in [-0.2, 0) is 24.3 Å². The number of nitrogens with one attached hydrogen (secondary N) is 1. The van der Waals surface area contributed by atoms with Gasteiger partial charge < -0.3 is 14.4 Å². The quantitative estimate of drug-likeness (QED) is 0.529. The van der Waals surface area contributed by atoms with Gasteiger partial charge in [-0.2, -0.15) is 5.26 Å². The van der Waals surface area contributed by atoms with E-state index in [1.54, 1.807) is 23.1 Å². The van der Waals surface area contributed by atoms with Crippen molar-refractivity contribution >= 4 is 39.8 Å². The average Bonchev–Trinajstić information content (AvgIpc) is 3.34. The number of benzene rings is 1. The molecule has 3 saturated heterocycles. The number of ether oxygens (including phenoxy) is 2. The third kappa shape index (κ3) is 5.70. The van der Waals surface area contributed by atoms with Gasteiger partial charge in [0, 0.05) is 46.2 Å². The number of carbonyl (C=O) groups is 2. The van der Waals surface area contributed by atoms with Crippen LogP contribution in [0.25, 0.3) is 0 Å². The third-order valence-corrected chi connectivity index (χ3v) is 9.71. The second kappa shape index (κ2) is 11.6. The lowest BCUT2D eigenvalue weighted by Gasteiger charge is -2.47. The Balaban J connectivity index is 1.37. The van der Waals surface area contributed by atoms with Crippen molar-refractivity contribution in [3.8, 4) is 6.07 Å². The molecule has 2 amide bonds. The Kier molecular flexibility index (Phi) is 8.12. The maximum Gasteiger partial charge on any atom is 0.410 e. The molecular weight excluding hydrogens is 550 g/mol. The number of carbonyl (C=O) groups excluding carboxylic acids is 2. The van der Waals surface area contributed by atoms with Gasteiger partial charge in [0.15, 0.2) is 0 Å². The highest BCUT2D eigenvalue weighted by Crippen LogP contribution is 2.40. The van der Waals surface area contributed by atoms with Gasteiger partial charge in [-0.15, -0.1) is 0 Å². The Morgan fingerprint density at radius 2 is 1.93 bits per heavy atom. The summed E-state index contributed by atoms with van der Waals surface area (Å²) in [4.78, 5) is 36.2. The number of rotatable bonds is 6. The summed E-state index contributed by atoms with van der Waals surface area (Å²) in [5.41, 5.74) is 3.64. The maximum absolute atomic E-state index is 12.9. The van der Waals surface area contributed by atoms with Crippen LogP contribution in [0, 0.1) is 17.2 Å². The van der Waals surface area contributed by atoms with Gasteiger partial charge in [-0.3, -0.25) is 15.2 Å². The van der Waals surface area contributed by atoms with Crippen molar-refractivity contribution in [2.75, 3.05) is 40.4 Å². The van der Waals surface area contributed by atoms with Crippen LogP contribution in [0.2, 0.25) is 0 Å². The van der Waals surface area contributed by atoms with E-state index < -0.39 is 27.4 Å². The Labute approximate surface area is 239 Å². The van der Waals surface area contributed by atoms with Gasteiger partial charge in [0.2, 0.25) is 10.0 Å². The molecule has 1 N–H and O–H groups in total. The molecule has 0 saturated carbocycles. The molecular formula is C27H33N7O6S. The smallest absolute Gasteiger partial charge is 0.410 e. The molecule has 0 radical (unpaired) electrons. The van der Waals surface area contributed by atoms with Gasteiger partial charge in [0.25, 0.3) is 5.91 Å². The minimum Gasteiger partial charge on any atom is -0.446 e. The number of amides is 2. The number of amidine groups is 1. The Hall–Kier alpha value is -3.80. The number of hydrogen-bond donors (Lipinski definition) is 1. The SMILES string of the molecule is CN(C)S(=O)(=O)c1ccc(N=C2NN(C3(CC#N)CCN(C(=O)OC4CCOCC4)CC3)C3=CC=NC(=O)C32)cc1. The van der Waals surface area contributed by atoms with Crippen LogP contribution in [0.4, 0.5) is 10.5 Å². The molecule has 218 valence electrons. The zero-order chi connectivity index (χ0) is 29.2. The summed E-state index contributed by atoms with van der Waals surface area (Å²) in [6.45, 7) is 1.92. The zero-order valence-electron chi connectivity index (χ0n) is 23.0. The highest BCUT2D eigenvalue weighted by Gasteiger charge is 2.50. The molecule has 1 atom stereocenters. The van der Waals surface area contributed by atoms with E-state index in [9.17, 15) is 23.3 Å². The lowest BCUT2D eigenvalue weighted by Crippen LogP contribution is -2.58. The number of likely N-dealkylation sites (tertiary alicyclic amines) is 1. The second-order valence-corrected chi connectivity index (χ2v) is 12.8. The van der Waals surface area contributed by atoms with Crippen LogP contribution < -0.4 is 5.43 Å². The normalized spacial score (nSPS) is 23.7. The molecule has 1 aromatic rings. The first-order valence-corrected chi connectivity index (χ1v) is 14.9. The second-order valence-electron chi connectivity index (χ2n) is 10.6. The summed E-state index contributed by atoms with van der Waals surface area (Å²) < 4.78 is 37.0. The fourth-order valence-corrected chi connectivity index (χ4v) is 6.36. The maximum atomic E-state index is 12.9. The van der Waals surface area contributed by atoms with E-state index in [1.807, 2.05) is 5.01 Å². The number of dihydropyridines is 1. The predicted molar refractivity (Wildman–Crippen MR) is 149 cm³/mol. The Morgan fingerprint density at radius 1 is 1.24 bits per heavy atom. The van der Waals surface area contributed by atoms with Gasteiger partial charge in [0.05, 0.1) is 47.5 Å². The van der Waals surface area contributed by atoms with E-state index in [2.05, 4.69) is 21.5 Å². The van der Waals surface area contributed by atoms with Crippen molar-refractivity contribution in [3.63, 3.8) is 0 Å². The van der Waals surface area contributed by atoms with E-state index >= 15 is 0 Å². The summed E-state index contributed by atoms with van der Waals surface area (Å²) in [6, 6.07) is 8.36. The van der Waals surface area contributed by atoms with E-state index in [4.69, 9.17) is 9.47 Å². The van der Waals surface area contributed by atoms with E-state index in [1.165, 1.54) is 32.4 Å². The minimum absolute atomic E-state index is 0.126. The van der Waals surface area contributed by atoms with Crippen molar-refractivity contribution < 1.29 is 27.5 Å². The lowest BCUT2D eigenvalue weighted by atomic mass is 9.83. The van der Waals surface area contributed by atoms with Gasteiger partial charge in [-0.25, -0.2) is 27.5 Å². The number of hydrazine groups is 1. The summed E-state index contributed by atoms with van der Waals surface area (Å²) >= 11 is 0. The Bertz CT molecular complexity index is 1420. The molecule has 4 aliphatic rings. The van der Waals surface area contributed by atoms with E-state index in [0.717, 1.165) is 4.31 Å². The number of piperidine rings is 1. The zero-order valence-corrected chi connectivity index (χ0v) is 23.8. The topological polar surface area (TPSA) is 157 Å². The van der Waals surface area contributed by atoms with Crippen LogP contribution in [0.15, 0.2) is 50.9 Å². The number of fused-ring (bicyclic) bond motifs is 1. The molecule has 3 fully saturated rings. The van der Waals surface area contributed by atoms with Gasteiger partial charge in [0.1, 0.15) is 17.9 Å². The molecule has 0 spiro atoms. The fraction of sp³-hybridized carbons (Fsp3) is 0.519. The van der Waals surface area contributed by atoms with Crippen molar-refractivity contribution in [1.82, 2.24) is 19.6 Å². The number of aliphatic imine (C=N–C) groups is 2. The first kappa shape index (κ1) is 28.7. The van der Waals surface area contributed by atoms with Crippen molar-refractivity contribution in [2.45, 2.75) is 48.6 Å². The molecule has 1 aromatic carbocycles. The first-order valence-electron chi connectivity index (χ1n) is 13.5. The number of allylic oxidation sites excluding steroid dienone is 1. The summed E-state index contributed by atoms with van der Waals surface area (Å²) in [7, 11) is -0.683. The minimum atomic E-state index is -3.60. The highest BCUT2D eigenvalue weighted by molar-refractivity contribution is 7.89.